The molecule has 0 radical (unpaired) electrons. The van der Waals surface area contributed by atoms with Gasteiger partial charge in [-0.3, -0.25) is 14.6 Å². The zero-order chi connectivity index (χ0) is 40.5. The molecule has 0 aliphatic carbocycles. The van der Waals surface area contributed by atoms with Gasteiger partial charge in [0, 0.05) is 57.4 Å². The molecule has 2 aromatic carbocycles. The first-order chi connectivity index (χ1) is 27.5. The van der Waals surface area contributed by atoms with E-state index in [-0.39, 0.29) is 30.4 Å². The first-order valence-corrected chi connectivity index (χ1v) is 20.9. The molecule has 0 unspecified atom stereocenters. The number of H-pyrrole nitrogens is 1. The van der Waals surface area contributed by atoms with Crippen molar-refractivity contribution in [2.75, 3.05) is 64.3 Å². The summed E-state index contributed by atoms with van der Waals surface area (Å²) in [6.45, 7) is 14.6. The molecule has 14 heteroatoms. The van der Waals surface area contributed by atoms with E-state index in [2.05, 4.69) is 29.0 Å². The largest absolute Gasteiger partial charge is 0.466 e. The normalized spacial score (nSPS) is 19.2. The minimum Gasteiger partial charge on any atom is -0.466 e. The van der Waals surface area contributed by atoms with E-state index < -0.39 is 18.0 Å². The third kappa shape index (κ3) is 11.2. The van der Waals surface area contributed by atoms with E-state index in [9.17, 15) is 24.0 Å². The number of likely N-dealkylation sites (tertiary alicyclic amines) is 3. The van der Waals surface area contributed by atoms with E-state index in [0.29, 0.717) is 75.6 Å². The Kier molecular flexibility index (Phi) is 14.3. The van der Waals surface area contributed by atoms with E-state index >= 15 is 0 Å². The van der Waals surface area contributed by atoms with Crippen LogP contribution in [0, 0.1) is 18.8 Å². The van der Waals surface area contributed by atoms with Gasteiger partial charge in [-0.05, 0) is 113 Å². The van der Waals surface area contributed by atoms with Crippen molar-refractivity contribution in [3.63, 3.8) is 0 Å². The van der Waals surface area contributed by atoms with Gasteiger partial charge in [-0.25, -0.2) is 14.4 Å². The highest BCUT2D eigenvalue weighted by atomic mass is 16.6. The van der Waals surface area contributed by atoms with Crippen LogP contribution in [0.2, 0.25) is 0 Å². The van der Waals surface area contributed by atoms with Crippen LogP contribution in [0.5, 0.6) is 0 Å². The van der Waals surface area contributed by atoms with Gasteiger partial charge in [-0.1, -0.05) is 38.1 Å². The van der Waals surface area contributed by atoms with Gasteiger partial charge in [0.2, 0.25) is 0 Å². The average molecular weight is 789 g/mol. The predicted octanol–water partition coefficient (Wildman–Crippen LogP) is 5.96. The number of oxazole rings is 1. The predicted molar refractivity (Wildman–Crippen MR) is 217 cm³/mol. The Morgan fingerprint density at radius 3 is 2.25 bits per heavy atom. The Morgan fingerprint density at radius 2 is 1.54 bits per heavy atom. The number of aromatic amines is 1. The number of aryl methyl sites for hydroxylation is 1. The van der Waals surface area contributed by atoms with Gasteiger partial charge in [0.25, 0.3) is 5.91 Å². The topological polar surface area (TPSA) is 158 Å². The highest BCUT2D eigenvalue weighted by molar-refractivity contribution is 5.91. The number of esters is 1. The van der Waals surface area contributed by atoms with Crippen molar-refractivity contribution >= 4 is 40.8 Å². The number of carbonyl (C=O) groups is 4. The summed E-state index contributed by atoms with van der Waals surface area (Å²) in [5, 5.41) is 3.03. The second-order valence-corrected chi connectivity index (χ2v) is 16.2. The van der Waals surface area contributed by atoms with E-state index in [1.165, 1.54) is 12.8 Å². The molecule has 0 spiro atoms. The maximum atomic E-state index is 13.7. The van der Waals surface area contributed by atoms with Gasteiger partial charge in [0.05, 0.1) is 18.5 Å². The number of nitrogens with zero attached hydrogens (tertiary/aromatic N) is 4. The van der Waals surface area contributed by atoms with E-state index in [0.717, 1.165) is 67.2 Å². The number of benzene rings is 2. The number of hydrogen-bond acceptors (Lipinski definition) is 9. The van der Waals surface area contributed by atoms with Gasteiger partial charge in [-0.2, -0.15) is 0 Å². The van der Waals surface area contributed by atoms with Crippen molar-refractivity contribution < 1.29 is 33.1 Å². The lowest BCUT2D eigenvalue weighted by Crippen LogP contribution is -2.51. The molecule has 4 aliphatic rings. The van der Waals surface area contributed by atoms with Crippen LogP contribution in [0.25, 0.3) is 11.1 Å². The summed E-state index contributed by atoms with van der Waals surface area (Å²) in [6, 6.07) is 11.4. The monoisotopic (exact) mass is 788 g/mol. The molecule has 3 aromatic rings. The first kappa shape index (κ1) is 41.8. The Bertz CT molecular complexity index is 1900. The van der Waals surface area contributed by atoms with Crippen LogP contribution in [0.15, 0.2) is 45.6 Å². The molecule has 0 bridgehead atoms. The lowest BCUT2D eigenvalue weighted by atomic mass is 9.98. The lowest BCUT2D eigenvalue weighted by Gasteiger charge is -2.38. The van der Waals surface area contributed by atoms with E-state index in [1.54, 1.807) is 15.9 Å². The maximum absolute atomic E-state index is 13.7. The summed E-state index contributed by atoms with van der Waals surface area (Å²) in [5.74, 6) is 0.597. The van der Waals surface area contributed by atoms with Crippen LogP contribution < -0.4 is 11.1 Å². The molecular formula is C43H60N6O8. The number of urea groups is 1. The fraction of sp³-hybridized carbons (Fsp3) is 0.605. The molecule has 1 atom stereocenters. The summed E-state index contributed by atoms with van der Waals surface area (Å²) >= 11 is 0. The van der Waals surface area contributed by atoms with Crippen molar-refractivity contribution in [3.05, 3.63) is 63.6 Å². The molecule has 310 valence electrons. The number of nitrogens with one attached hydrogen (secondary N) is 2. The van der Waals surface area contributed by atoms with Crippen molar-refractivity contribution in [2.45, 2.75) is 97.6 Å². The number of anilines is 1. The number of para-hydroxylation sites is 1. The molecule has 7 rings (SSSR count). The molecule has 4 aliphatic heterocycles. The summed E-state index contributed by atoms with van der Waals surface area (Å²) < 4.78 is 16.1. The summed E-state index contributed by atoms with van der Waals surface area (Å²) in [7, 11) is 0. The van der Waals surface area contributed by atoms with E-state index in [4.69, 9.17) is 13.9 Å². The Labute approximate surface area is 335 Å². The molecule has 1 aromatic heterocycles. The van der Waals surface area contributed by atoms with Gasteiger partial charge in [0.15, 0.2) is 11.7 Å². The van der Waals surface area contributed by atoms with Crippen LogP contribution in [0.4, 0.5) is 15.3 Å². The smallest absolute Gasteiger partial charge is 0.417 e. The molecule has 2 N–H and O–H groups in total. The van der Waals surface area contributed by atoms with Gasteiger partial charge in [-0.15, -0.1) is 0 Å². The number of carbonyl (C=O) groups excluding carboxylic acids is 4. The minimum atomic E-state index is -1.00. The van der Waals surface area contributed by atoms with Gasteiger partial charge >= 0.3 is 23.8 Å². The number of piperidine rings is 3. The van der Waals surface area contributed by atoms with Gasteiger partial charge in [0.1, 0.15) is 0 Å². The summed E-state index contributed by atoms with van der Waals surface area (Å²) in [4.78, 5) is 73.4. The zero-order valence-corrected chi connectivity index (χ0v) is 34.1. The van der Waals surface area contributed by atoms with Crippen LogP contribution in [0.1, 0.15) is 82.4 Å². The van der Waals surface area contributed by atoms with Crippen LogP contribution in [0.3, 0.4) is 0 Å². The minimum absolute atomic E-state index is 0.0110. The second-order valence-electron chi connectivity index (χ2n) is 16.2. The molecule has 14 nitrogen and oxygen atoms in total. The Hall–Kier alpha value is -4.85. The SMILES string of the molecule is CCOC(=O)CCN1CCC(C)CC1.Cc1cc(C[C@@H](OC(=O)N2CCC(N3CCc4ccccc4NC3=O)CC2)C(=O)N2CCC(C)CC2)cc2oc(=O)[nH]c12. The third-order valence-corrected chi connectivity index (χ3v) is 11.9. The highest BCUT2D eigenvalue weighted by Crippen LogP contribution is 2.26. The van der Waals surface area contributed by atoms with Crippen molar-refractivity contribution in [1.82, 2.24) is 24.6 Å². The third-order valence-electron chi connectivity index (χ3n) is 11.9. The van der Waals surface area contributed by atoms with Crippen molar-refractivity contribution in [1.29, 1.82) is 0 Å². The Morgan fingerprint density at radius 1 is 0.877 bits per heavy atom. The summed E-state index contributed by atoms with van der Waals surface area (Å²) in [6.07, 6.45) is 5.57. The number of ether oxygens (including phenoxy) is 2. The fourth-order valence-electron chi connectivity index (χ4n) is 8.30. The quantitative estimate of drug-likeness (QED) is 0.250. The average Bonchev–Trinajstić information content (AvgIpc) is 3.50. The molecular weight excluding hydrogens is 729 g/mol. The molecule has 57 heavy (non-hydrogen) atoms. The number of aromatic nitrogens is 1. The summed E-state index contributed by atoms with van der Waals surface area (Å²) in [5.41, 5.74) is 4.55. The molecule has 3 saturated heterocycles. The molecule has 5 heterocycles. The first-order valence-electron chi connectivity index (χ1n) is 20.9. The Balaban J connectivity index is 0.000000333. The second kappa shape index (κ2) is 19.5. The van der Waals surface area contributed by atoms with Crippen molar-refractivity contribution in [3.8, 4) is 0 Å². The number of fused-ring (bicyclic) bond motifs is 2. The van der Waals surface area contributed by atoms with Crippen LogP contribution in [-0.2, 0) is 31.9 Å². The number of rotatable bonds is 9. The maximum Gasteiger partial charge on any atom is 0.417 e. The van der Waals surface area contributed by atoms with Crippen LogP contribution in [-0.4, -0.2) is 120 Å². The van der Waals surface area contributed by atoms with Crippen molar-refractivity contribution in [2.24, 2.45) is 11.8 Å². The van der Waals surface area contributed by atoms with E-state index in [1.807, 2.05) is 49.1 Å². The number of amides is 4. The lowest BCUT2D eigenvalue weighted by molar-refractivity contribution is -0.143. The molecule has 0 saturated carbocycles. The zero-order valence-electron chi connectivity index (χ0n) is 34.1. The molecule has 4 amide bonds. The fourth-order valence-corrected chi connectivity index (χ4v) is 8.30. The standard InChI is InChI=1S/C32H39N5O6.C11H21NO2/c1-20-7-12-35(13-8-20)29(38)27(19-22-17-21(2)28-26(18-22)42-31(40)34-28)43-32(41)36-14-10-24(11-15-36)37-16-9-23-5-3-4-6-25(23)33-30(37)39;1-3-14-11(13)6-9-12-7-4-10(2)5-8-12/h3-6,17-18,20,24,27H,7-16,19H2,1-2H3,(H,33,39)(H,34,40);10H,3-9H2,1-2H3/t27-;/m1./s1. The van der Waals surface area contributed by atoms with Crippen LogP contribution >= 0.6 is 0 Å². The highest BCUT2D eigenvalue weighted by Gasteiger charge is 2.35. The van der Waals surface area contributed by atoms with Gasteiger partial charge < -0.3 is 38.8 Å². The number of hydrogen-bond donors (Lipinski definition) is 2. The molecule has 3 fully saturated rings.